The Bertz CT molecular complexity index is 372. The highest BCUT2D eigenvalue weighted by molar-refractivity contribution is 9.09. The lowest BCUT2D eigenvalue weighted by Crippen LogP contribution is -2.35. The van der Waals surface area contributed by atoms with Crippen LogP contribution in [-0.2, 0) is 6.54 Å². The minimum Gasteiger partial charge on any atom is -0.298 e. The van der Waals surface area contributed by atoms with Gasteiger partial charge < -0.3 is 0 Å². The molecule has 0 aliphatic carbocycles. The monoisotopic (exact) mass is 305 g/mol. The molecule has 0 amide bonds. The van der Waals surface area contributed by atoms with Gasteiger partial charge >= 0.3 is 0 Å². The molecule has 1 aliphatic rings. The van der Waals surface area contributed by atoms with Crippen LogP contribution in [-0.4, -0.2) is 22.8 Å². The van der Waals surface area contributed by atoms with Gasteiger partial charge in [-0.2, -0.15) is 0 Å². The number of halogens is 3. The zero-order valence-electron chi connectivity index (χ0n) is 8.93. The fourth-order valence-corrected chi connectivity index (χ4v) is 2.89. The Kier molecular flexibility index (Phi) is 4.22. The van der Waals surface area contributed by atoms with Crippen LogP contribution in [0.2, 0.25) is 5.02 Å². The molecule has 0 spiro atoms. The maximum Gasteiger partial charge on any atom is 0.142 e. The van der Waals surface area contributed by atoms with Gasteiger partial charge in [-0.05, 0) is 37.1 Å². The van der Waals surface area contributed by atoms with E-state index in [9.17, 15) is 4.39 Å². The van der Waals surface area contributed by atoms with Crippen LogP contribution in [0.15, 0.2) is 18.2 Å². The van der Waals surface area contributed by atoms with Crippen molar-refractivity contribution in [3.63, 3.8) is 0 Å². The lowest BCUT2D eigenvalue weighted by molar-refractivity contribution is 0.227. The first-order chi connectivity index (χ1) is 7.65. The first kappa shape index (κ1) is 12.3. The fraction of sp³-hybridized carbons (Fsp3) is 0.500. The number of likely N-dealkylation sites (tertiary alicyclic amines) is 1. The van der Waals surface area contributed by atoms with Crippen molar-refractivity contribution < 1.29 is 4.39 Å². The van der Waals surface area contributed by atoms with Crippen LogP contribution in [0.3, 0.4) is 0 Å². The van der Waals surface area contributed by atoms with Crippen molar-refractivity contribution in [3.05, 3.63) is 34.6 Å². The SMILES string of the molecule is Fc1cc(CN2CCCC(Br)C2)ccc1Cl. The van der Waals surface area contributed by atoms with Gasteiger partial charge in [-0.3, -0.25) is 4.90 Å². The molecule has 1 aromatic rings. The zero-order valence-corrected chi connectivity index (χ0v) is 11.3. The standard InChI is InChI=1S/C12H14BrClFN/c13-10-2-1-5-16(8-10)7-9-3-4-11(14)12(15)6-9/h3-4,6,10H,1-2,5,7-8H2. The van der Waals surface area contributed by atoms with Crippen LogP contribution in [0.25, 0.3) is 0 Å². The minimum atomic E-state index is -0.327. The number of benzene rings is 1. The van der Waals surface area contributed by atoms with Gasteiger partial charge in [-0.25, -0.2) is 4.39 Å². The molecule has 1 aromatic carbocycles. The molecular weight excluding hydrogens is 292 g/mol. The molecule has 0 radical (unpaired) electrons. The Hall–Kier alpha value is -0.120. The second-order valence-corrected chi connectivity index (χ2v) is 5.93. The summed E-state index contributed by atoms with van der Waals surface area (Å²) in [5.41, 5.74) is 0.989. The molecule has 1 unspecified atom stereocenters. The topological polar surface area (TPSA) is 3.24 Å². The van der Waals surface area contributed by atoms with E-state index in [1.54, 1.807) is 6.07 Å². The first-order valence-electron chi connectivity index (χ1n) is 5.45. The van der Waals surface area contributed by atoms with Crippen LogP contribution in [0, 0.1) is 5.82 Å². The van der Waals surface area contributed by atoms with Gasteiger partial charge in [0, 0.05) is 17.9 Å². The Balaban J connectivity index is 2.00. The summed E-state index contributed by atoms with van der Waals surface area (Å²) in [4.78, 5) is 2.91. The predicted octanol–water partition coefficient (Wildman–Crippen LogP) is 3.84. The van der Waals surface area contributed by atoms with E-state index in [2.05, 4.69) is 20.8 Å². The van der Waals surface area contributed by atoms with E-state index >= 15 is 0 Å². The largest absolute Gasteiger partial charge is 0.298 e. The Morgan fingerprint density at radius 2 is 2.31 bits per heavy atom. The summed E-state index contributed by atoms with van der Waals surface area (Å²) >= 11 is 9.28. The van der Waals surface area contributed by atoms with E-state index in [-0.39, 0.29) is 10.8 Å². The zero-order chi connectivity index (χ0) is 11.5. The summed E-state index contributed by atoms with van der Waals surface area (Å²) in [6.45, 7) is 2.92. The number of piperidine rings is 1. The highest BCUT2D eigenvalue weighted by Crippen LogP contribution is 2.21. The van der Waals surface area contributed by atoms with Gasteiger partial charge in [0.25, 0.3) is 0 Å². The van der Waals surface area contributed by atoms with Crippen molar-refractivity contribution in [3.8, 4) is 0 Å². The maximum absolute atomic E-state index is 13.3. The van der Waals surface area contributed by atoms with E-state index in [0.717, 1.165) is 25.2 Å². The summed E-state index contributed by atoms with van der Waals surface area (Å²) in [5.74, 6) is -0.327. The molecule has 1 nitrogen and oxygen atoms in total. The molecule has 2 rings (SSSR count). The van der Waals surface area contributed by atoms with Gasteiger partial charge in [-0.15, -0.1) is 0 Å². The quantitative estimate of drug-likeness (QED) is 0.751. The molecule has 16 heavy (non-hydrogen) atoms. The highest BCUT2D eigenvalue weighted by Gasteiger charge is 2.17. The lowest BCUT2D eigenvalue weighted by atomic mass is 10.1. The fourth-order valence-electron chi connectivity index (χ4n) is 2.04. The molecule has 1 fully saturated rings. The number of rotatable bonds is 2. The van der Waals surface area contributed by atoms with Crippen LogP contribution >= 0.6 is 27.5 Å². The Labute approximate surface area is 109 Å². The van der Waals surface area contributed by atoms with Crippen LogP contribution in [0.5, 0.6) is 0 Å². The molecule has 88 valence electrons. The number of hydrogen-bond donors (Lipinski definition) is 0. The molecule has 0 N–H and O–H groups in total. The normalized spacial score (nSPS) is 22.3. The summed E-state index contributed by atoms with van der Waals surface area (Å²) in [7, 11) is 0. The van der Waals surface area contributed by atoms with E-state index in [1.165, 1.54) is 18.9 Å². The van der Waals surface area contributed by atoms with Crippen molar-refractivity contribution in [1.82, 2.24) is 4.90 Å². The van der Waals surface area contributed by atoms with Crippen molar-refractivity contribution >= 4 is 27.5 Å². The summed E-state index contributed by atoms with van der Waals surface area (Å²) < 4.78 is 13.3. The second-order valence-electron chi connectivity index (χ2n) is 4.22. The van der Waals surface area contributed by atoms with E-state index in [0.29, 0.717) is 4.83 Å². The summed E-state index contributed by atoms with van der Waals surface area (Å²) in [6.07, 6.45) is 2.43. The molecule has 0 bridgehead atoms. The average molecular weight is 307 g/mol. The van der Waals surface area contributed by atoms with Crippen molar-refractivity contribution in [1.29, 1.82) is 0 Å². The van der Waals surface area contributed by atoms with Crippen LogP contribution in [0.4, 0.5) is 4.39 Å². The molecule has 1 aliphatic heterocycles. The predicted molar refractivity (Wildman–Crippen MR) is 68.6 cm³/mol. The molecule has 1 atom stereocenters. The Morgan fingerprint density at radius 1 is 1.50 bits per heavy atom. The number of nitrogens with zero attached hydrogens (tertiary/aromatic N) is 1. The van der Waals surface area contributed by atoms with Gasteiger partial charge in [0.15, 0.2) is 0 Å². The van der Waals surface area contributed by atoms with E-state index in [4.69, 9.17) is 11.6 Å². The van der Waals surface area contributed by atoms with Gasteiger partial charge in [-0.1, -0.05) is 33.6 Å². The average Bonchev–Trinajstić information content (AvgIpc) is 2.24. The first-order valence-corrected chi connectivity index (χ1v) is 6.75. The minimum absolute atomic E-state index is 0.195. The number of alkyl halides is 1. The summed E-state index contributed by atoms with van der Waals surface area (Å²) in [6, 6.07) is 5.05. The number of hydrogen-bond acceptors (Lipinski definition) is 1. The third kappa shape index (κ3) is 3.19. The van der Waals surface area contributed by atoms with Gasteiger partial charge in [0.2, 0.25) is 0 Å². The van der Waals surface area contributed by atoms with Crippen molar-refractivity contribution in [2.45, 2.75) is 24.2 Å². The lowest BCUT2D eigenvalue weighted by Gasteiger charge is -2.29. The van der Waals surface area contributed by atoms with Crippen molar-refractivity contribution in [2.75, 3.05) is 13.1 Å². The molecule has 0 saturated carbocycles. The second kappa shape index (κ2) is 5.48. The van der Waals surface area contributed by atoms with Crippen molar-refractivity contribution in [2.24, 2.45) is 0 Å². The third-order valence-corrected chi connectivity index (χ3v) is 3.89. The van der Waals surface area contributed by atoms with Crippen LogP contribution < -0.4 is 0 Å². The third-order valence-electron chi connectivity index (χ3n) is 2.84. The molecule has 4 heteroatoms. The van der Waals surface area contributed by atoms with Crippen LogP contribution in [0.1, 0.15) is 18.4 Å². The van der Waals surface area contributed by atoms with Gasteiger partial charge in [0.05, 0.1) is 5.02 Å². The molecule has 1 heterocycles. The molecular formula is C12H14BrClFN. The maximum atomic E-state index is 13.3. The van der Waals surface area contributed by atoms with E-state index < -0.39 is 0 Å². The molecule has 1 saturated heterocycles. The van der Waals surface area contributed by atoms with E-state index in [1.807, 2.05) is 6.07 Å². The smallest absolute Gasteiger partial charge is 0.142 e. The highest BCUT2D eigenvalue weighted by atomic mass is 79.9. The molecule has 0 aromatic heterocycles. The summed E-state index contributed by atoms with van der Waals surface area (Å²) in [5, 5.41) is 0.195. The Morgan fingerprint density at radius 3 is 3.00 bits per heavy atom. The van der Waals surface area contributed by atoms with Gasteiger partial charge in [0.1, 0.15) is 5.82 Å².